The summed E-state index contributed by atoms with van der Waals surface area (Å²) in [4.78, 5) is 4.21. The van der Waals surface area contributed by atoms with Gasteiger partial charge < -0.3 is 19.4 Å². The van der Waals surface area contributed by atoms with E-state index in [9.17, 15) is 0 Å². The second-order valence-corrected chi connectivity index (χ2v) is 4.44. The molecular formula is C12H21N3O2. The summed E-state index contributed by atoms with van der Waals surface area (Å²) in [5, 5.41) is 3.34. The number of ether oxygens (including phenoxy) is 2. The summed E-state index contributed by atoms with van der Waals surface area (Å²) in [6.45, 7) is 5.26. The van der Waals surface area contributed by atoms with Crippen molar-refractivity contribution in [3.05, 3.63) is 18.2 Å². The molecule has 0 bridgehead atoms. The minimum absolute atomic E-state index is 0.641. The standard InChI is InChI=1S/C12H21N3O2/c1-16-5-3-13-6-12-7-14-10-15(12)8-11-2-4-17-9-11/h7,10-11,13H,2-6,8-9H2,1H3. The Balaban J connectivity index is 1.79. The number of imidazole rings is 1. The van der Waals surface area contributed by atoms with Gasteiger partial charge in [0.05, 0.1) is 25.2 Å². The molecule has 1 saturated heterocycles. The number of hydrogen-bond donors (Lipinski definition) is 1. The lowest BCUT2D eigenvalue weighted by atomic mass is 10.1. The fourth-order valence-corrected chi connectivity index (χ4v) is 2.06. The third kappa shape index (κ3) is 3.80. The van der Waals surface area contributed by atoms with Crippen molar-refractivity contribution >= 4 is 0 Å². The van der Waals surface area contributed by atoms with Crippen LogP contribution in [0.3, 0.4) is 0 Å². The first-order chi connectivity index (χ1) is 8.40. The fraction of sp³-hybridized carbons (Fsp3) is 0.750. The first-order valence-electron chi connectivity index (χ1n) is 6.16. The molecular weight excluding hydrogens is 218 g/mol. The van der Waals surface area contributed by atoms with E-state index in [1.54, 1.807) is 7.11 Å². The topological polar surface area (TPSA) is 48.3 Å². The molecule has 2 heterocycles. The highest BCUT2D eigenvalue weighted by atomic mass is 16.5. The summed E-state index contributed by atoms with van der Waals surface area (Å²) in [6.07, 6.45) is 5.00. The average molecular weight is 239 g/mol. The third-order valence-corrected chi connectivity index (χ3v) is 3.07. The molecule has 5 heteroatoms. The quantitative estimate of drug-likeness (QED) is 0.710. The lowest BCUT2D eigenvalue weighted by Gasteiger charge is -2.12. The number of nitrogens with one attached hydrogen (secondary N) is 1. The molecule has 1 aliphatic heterocycles. The monoisotopic (exact) mass is 239 g/mol. The van der Waals surface area contributed by atoms with Gasteiger partial charge in [-0.05, 0) is 6.42 Å². The first kappa shape index (κ1) is 12.5. The second kappa shape index (κ2) is 6.74. The van der Waals surface area contributed by atoms with E-state index >= 15 is 0 Å². The molecule has 17 heavy (non-hydrogen) atoms. The Labute approximate surface area is 102 Å². The van der Waals surface area contributed by atoms with Crippen molar-refractivity contribution in [1.82, 2.24) is 14.9 Å². The average Bonchev–Trinajstić information content (AvgIpc) is 2.97. The molecule has 1 aromatic heterocycles. The Morgan fingerprint density at radius 1 is 1.65 bits per heavy atom. The predicted molar refractivity (Wildman–Crippen MR) is 64.7 cm³/mol. The van der Waals surface area contributed by atoms with Crippen LogP contribution < -0.4 is 5.32 Å². The zero-order chi connectivity index (χ0) is 11.9. The minimum Gasteiger partial charge on any atom is -0.383 e. The normalized spacial score (nSPS) is 19.9. The predicted octanol–water partition coefficient (Wildman–Crippen LogP) is 0.656. The van der Waals surface area contributed by atoms with Crippen LogP contribution in [0.2, 0.25) is 0 Å². The van der Waals surface area contributed by atoms with Gasteiger partial charge in [0.1, 0.15) is 0 Å². The van der Waals surface area contributed by atoms with E-state index in [1.165, 1.54) is 5.69 Å². The Morgan fingerprint density at radius 2 is 2.59 bits per heavy atom. The molecule has 96 valence electrons. The maximum atomic E-state index is 5.39. The number of rotatable bonds is 7. The Kier molecular flexibility index (Phi) is 4.97. The van der Waals surface area contributed by atoms with Gasteiger partial charge in [-0.15, -0.1) is 0 Å². The molecule has 1 unspecified atom stereocenters. The molecule has 0 aromatic carbocycles. The first-order valence-corrected chi connectivity index (χ1v) is 6.16. The smallest absolute Gasteiger partial charge is 0.0948 e. The van der Waals surface area contributed by atoms with Gasteiger partial charge in [0.15, 0.2) is 0 Å². The molecule has 5 nitrogen and oxygen atoms in total. The van der Waals surface area contributed by atoms with Crippen LogP contribution in [0, 0.1) is 5.92 Å². The largest absolute Gasteiger partial charge is 0.383 e. The number of aromatic nitrogens is 2. The van der Waals surface area contributed by atoms with E-state index in [-0.39, 0.29) is 0 Å². The Bertz CT molecular complexity index is 321. The Hall–Kier alpha value is -0.910. The number of hydrogen-bond acceptors (Lipinski definition) is 4. The van der Waals surface area contributed by atoms with Gasteiger partial charge in [0, 0.05) is 45.5 Å². The fourth-order valence-electron chi connectivity index (χ4n) is 2.06. The number of methoxy groups -OCH3 is 1. The maximum absolute atomic E-state index is 5.39. The van der Waals surface area contributed by atoms with E-state index in [0.717, 1.165) is 45.9 Å². The van der Waals surface area contributed by atoms with E-state index in [1.807, 2.05) is 12.5 Å². The third-order valence-electron chi connectivity index (χ3n) is 3.07. The zero-order valence-electron chi connectivity index (χ0n) is 10.4. The SMILES string of the molecule is COCCNCc1cncn1CC1CCOC1. The minimum atomic E-state index is 0.641. The van der Waals surface area contributed by atoms with Crippen molar-refractivity contribution in [1.29, 1.82) is 0 Å². The van der Waals surface area contributed by atoms with Crippen LogP contribution >= 0.6 is 0 Å². The van der Waals surface area contributed by atoms with Crippen LogP contribution in [0.5, 0.6) is 0 Å². The lowest BCUT2D eigenvalue weighted by molar-refractivity contribution is 0.182. The highest BCUT2D eigenvalue weighted by molar-refractivity contribution is 4.98. The van der Waals surface area contributed by atoms with E-state index in [2.05, 4.69) is 14.9 Å². The van der Waals surface area contributed by atoms with E-state index in [4.69, 9.17) is 9.47 Å². The summed E-state index contributed by atoms with van der Waals surface area (Å²) < 4.78 is 12.6. The summed E-state index contributed by atoms with van der Waals surface area (Å²) in [6, 6.07) is 0. The van der Waals surface area contributed by atoms with Crippen LogP contribution in [0.25, 0.3) is 0 Å². The molecule has 0 radical (unpaired) electrons. The lowest BCUT2D eigenvalue weighted by Crippen LogP contribution is -2.21. The van der Waals surface area contributed by atoms with Crippen LogP contribution in [-0.4, -0.2) is 43.0 Å². The van der Waals surface area contributed by atoms with E-state index < -0.39 is 0 Å². The van der Waals surface area contributed by atoms with Crippen molar-refractivity contribution in [2.45, 2.75) is 19.5 Å². The summed E-state index contributed by atoms with van der Waals surface area (Å²) in [5.41, 5.74) is 1.23. The highest BCUT2D eigenvalue weighted by Crippen LogP contribution is 2.15. The molecule has 1 atom stereocenters. The van der Waals surface area contributed by atoms with Gasteiger partial charge in [0.2, 0.25) is 0 Å². The Morgan fingerprint density at radius 3 is 3.35 bits per heavy atom. The molecule has 2 rings (SSSR count). The van der Waals surface area contributed by atoms with E-state index in [0.29, 0.717) is 5.92 Å². The number of nitrogens with zero attached hydrogens (tertiary/aromatic N) is 2. The zero-order valence-corrected chi connectivity index (χ0v) is 10.4. The van der Waals surface area contributed by atoms with Gasteiger partial charge >= 0.3 is 0 Å². The van der Waals surface area contributed by atoms with Crippen molar-refractivity contribution in [3.63, 3.8) is 0 Å². The molecule has 1 N–H and O–H groups in total. The molecule has 0 saturated carbocycles. The summed E-state index contributed by atoms with van der Waals surface area (Å²) >= 11 is 0. The molecule has 0 amide bonds. The van der Waals surface area contributed by atoms with Crippen LogP contribution in [0.15, 0.2) is 12.5 Å². The van der Waals surface area contributed by atoms with Crippen molar-refractivity contribution in [2.75, 3.05) is 33.5 Å². The van der Waals surface area contributed by atoms with Crippen LogP contribution in [-0.2, 0) is 22.6 Å². The highest BCUT2D eigenvalue weighted by Gasteiger charge is 2.16. The molecule has 0 aliphatic carbocycles. The van der Waals surface area contributed by atoms with Gasteiger partial charge in [-0.25, -0.2) is 4.98 Å². The van der Waals surface area contributed by atoms with Crippen LogP contribution in [0.4, 0.5) is 0 Å². The van der Waals surface area contributed by atoms with Crippen LogP contribution in [0.1, 0.15) is 12.1 Å². The van der Waals surface area contributed by atoms with Gasteiger partial charge in [-0.3, -0.25) is 0 Å². The molecule has 1 aliphatic rings. The summed E-state index contributed by atoms with van der Waals surface area (Å²) in [7, 11) is 1.71. The molecule has 0 spiro atoms. The van der Waals surface area contributed by atoms with Crippen molar-refractivity contribution in [2.24, 2.45) is 5.92 Å². The van der Waals surface area contributed by atoms with Gasteiger partial charge in [-0.1, -0.05) is 0 Å². The summed E-state index contributed by atoms with van der Waals surface area (Å²) in [5.74, 6) is 0.641. The molecule has 1 fully saturated rings. The maximum Gasteiger partial charge on any atom is 0.0948 e. The van der Waals surface area contributed by atoms with Gasteiger partial charge in [-0.2, -0.15) is 0 Å². The van der Waals surface area contributed by atoms with Crippen molar-refractivity contribution in [3.8, 4) is 0 Å². The van der Waals surface area contributed by atoms with Crippen molar-refractivity contribution < 1.29 is 9.47 Å². The second-order valence-electron chi connectivity index (χ2n) is 4.44. The molecule has 1 aromatic rings. The van der Waals surface area contributed by atoms with Gasteiger partial charge in [0.25, 0.3) is 0 Å².